The van der Waals surface area contributed by atoms with Crippen LogP contribution in [-0.4, -0.2) is 42.0 Å². The van der Waals surface area contributed by atoms with Gasteiger partial charge in [-0.15, -0.1) is 0 Å². The Labute approximate surface area is 170 Å². The van der Waals surface area contributed by atoms with E-state index in [1.165, 1.54) is 6.07 Å². The van der Waals surface area contributed by atoms with Gasteiger partial charge in [-0.2, -0.15) is 15.0 Å². The van der Waals surface area contributed by atoms with E-state index in [-0.39, 0.29) is 34.9 Å². The average molecular weight is 417 g/mol. The number of aliphatic carboxylic acids is 1. The molecule has 3 N–H and O–H groups in total. The van der Waals surface area contributed by atoms with Crippen molar-refractivity contribution in [3.63, 3.8) is 0 Å². The first-order valence-electron chi connectivity index (χ1n) is 9.53. The number of H-pyrrole nitrogens is 1. The predicted octanol–water partition coefficient (Wildman–Crippen LogP) is 3.51. The molecule has 0 saturated heterocycles. The third kappa shape index (κ3) is 3.19. The number of nitrogens with one attached hydrogen (secondary N) is 2. The first-order valence-corrected chi connectivity index (χ1v) is 9.91. The summed E-state index contributed by atoms with van der Waals surface area (Å²) in [4.78, 5) is 31.6. The van der Waals surface area contributed by atoms with Crippen molar-refractivity contribution in [3.05, 3.63) is 29.6 Å². The number of anilines is 1. The van der Waals surface area contributed by atoms with E-state index in [0.29, 0.717) is 16.6 Å². The first kappa shape index (κ1) is 18.2. The van der Waals surface area contributed by atoms with Gasteiger partial charge in [0.2, 0.25) is 11.2 Å². The highest BCUT2D eigenvalue weighted by molar-refractivity contribution is 6.28. The normalized spacial score (nSPS) is 26.0. The standard InChI is InChI=1S/C19H18ClFN6O2/c20-18-25-16(12-7-23-15-11(12)5-10(21)6-22-15)26-19(27-18)24-14-9-3-1-8(2-4-9)13(14)17(28)29/h5-9,13-14H,1-4H2,(H,22,23)(H,28,29)(H,24,25,26,27)/t8?,9?,13-,14+/m0/s1. The summed E-state index contributed by atoms with van der Waals surface area (Å²) in [6, 6.07) is 1.09. The Kier molecular flexibility index (Phi) is 4.34. The monoisotopic (exact) mass is 416 g/mol. The Hall–Kier alpha value is -2.81. The van der Waals surface area contributed by atoms with Crippen LogP contribution in [-0.2, 0) is 4.79 Å². The van der Waals surface area contributed by atoms with Crippen LogP contribution >= 0.6 is 11.6 Å². The van der Waals surface area contributed by atoms with Gasteiger partial charge in [-0.3, -0.25) is 4.79 Å². The van der Waals surface area contributed by atoms with Crippen molar-refractivity contribution in [2.45, 2.75) is 31.7 Å². The molecule has 0 aromatic carbocycles. The van der Waals surface area contributed by atoms with E-state index in [0.717, 1.165) is 31.9 Å². The lowest BCUT2D eigenvalue weighted by atomic mass is 9.61. The fraction of sp³-hybridized carbons (Fsp3) is 0.421. The number of hydrogen-bond acceptors (Lipinski definition) is 6. The van der Waals surface area contributed by atoms with Crippen molar-refractivity contribution in [2.24, 2.45) is 17.8 Å². The molecule has 0 amide bonds. The molecule has 3 heterocycles. The molecule has 29 heavy (non-hydrogen) atoms. The van der Waals surface area contributed by atoms with Crippen LogP contribution in [0.2, 0.25) is 5.28 Å². The fourth-order valence-corrected chi connectivity index (χ4v) is 5.02. The van der Waals surface area contributed by atoms with Crippen molar-refractivity contribution < 1.29 is 14.3 Å². The second-order valence-electron chi connectivity index (χ2n) is 7.71. The Bertz CT molecular complexity index is 1100. The maximum absolute atomic E-state index is 13.7. The molecule has 3 aliphatic carbocycles. The number of fused-ring (bicyclic) bond motifs is 4. The van der Waals surface area contributed by atoms with Gasteiger partial charge >= 0.3 is 5.97 Å². The molecule has 0 unspecified atom stereocenters. The van der Waals surface area contributed by atoms with Gasteiger partial charge in [0.05, 0.1) is 12.1 Å². The maximum Gasteiger partial charge on any atom is 0.308 e. The highest BCUT2D eigenvalue weighted by atomic mass is 35.5. The topological polar surface area (TPSA) is 117 Å². The van der Waals surface area contributed by atoms with Gasteiger partial charge in [0, 0.05) is 23.2 Å². The van der Waals surface area contributed by atoms with E-state index in [9.17, 15) is 14.3 Å². The third-order valence-corrected chi connectivity index (χ3v) is 6.32. The van der Waals surface area contributed by atoms with Gasteiger partial charge in [0.1, 0.15) is 11.5 Å². The quantitative estimate of drug-likeness (QED) is 0.595. The Morgan fingerprint density at radius 1 is 1.21 bits per heavy atom. The number of aromatic nitrogens is 5. The summed E-state index contributed by atoms with van der Waals surface area (Å²) in [5, 5.41) is 13.5. The molecule has 150 valence electrons. The van der Waals surface area contributed by atoms with Crippen LogP contribution < -0.4 is 5.32 Å². The van der Waals surface area contributed by atoms with Gasteiger partial charge < -0.3 is 15.4 Å². The summed E-state index contributed by atoms with van der Waals surface area (Å²) in [6.45, 7) is 0. The van der Waals surface area contributed by atoms with Gasteiger partial charge in [0.15, 0.2) is 5.82 Å². The summed E-state index contributed by atoms with van der Waals surface area (Å²) in [6.07, 6.45) is 6.62. The van der Waals surface area contributed by atoms with Crippen molar-refractivity contribution >= 4 is 34.6 Å². The van der Waals surface area contributed by atoms with Crippen LogP contribution in [0.1, 0.15) is 25.7 Å². The lowest BCUT2D eigenvalue weighted by molar-refractivity contribution is -0.148. The van der Waals surface area contributed by atoms with Crippen LogP contribution in [0.3, 0.4) is 0 Å². The lowest BCUT2D eigenvalue weighted by Gasteiger charge is -2.46. The predicted molar refractivity (Wildman–Crippen MR) is 104 cm³/mol. The summed E-state index contributed by atoms with van der Waals surface area (Å²) in [5.74, 6) is -0.842. The number of halogens is 2. The molecule has 3 aromatic rings. The van der Waals surface area contributed by atoms with Crippen LogP contribution in [0.15, 0.2) is 18.5 Å². The molecule has 3 saturated carbocycles. The van der Waals surface area contributed by atoms with Crippen LogP contribution in [0.25, 0.3) is 22.4 Å². The Morgan fingerprint density at radius 3 is 2.72 bits per heavy atom. The van der Waals surface area contributed by atoms with Crippen molar-refractivity contribution in [1.82, 2.24) is 24.9 Å². The summed E-state index contributed by atoms with van der Waals surface area (Å²) >= 11 is 6.13. The van der Waals surface area contributed by atoms with Crippen LogP contribution in [0.4, 0.5) is 10.3 Å². The van der Waals surface area contributed by atoms with E-state index in [1.54, 1.807) is 6.20 Å². The molecule has 6 rings (SSSR count). The number of rotatable bonds is 4. The molecule has 2 bridgehead atoms. The SMILES string of the molecule is O=C(O)[C@H]1C2CCC(CC2)[C@H]1Nc1nc(Cl)nc(-c2c[nH]c3ncc(F)cc23)n1. The number of carbonyl (C=O) groups is 1. The van der Waals surface area contributed by atoms with Gasteiger partial charge in [-0.1, -0.05) is 0 Å². The molecule has 8 nitrogen and oxygen atoms in total. The number of carboxylic acid groups (broad SMARTS) is 1. The van der Waals surface area contributed by atoms with E-state index >= 15 is 0 Å². The van der Waals surface area contributed by atoms with Crippen molar-refractivity contribution in [2.75, 3.05) is 5.32 Å². The fourth-order valence-electron chi connectivity index (χ4n) is 4.86. The van der Waals surface area contributed by atoms with E-state index in [4.69, 9.17) is 11.6 Å². The number of carboxylic acids is 1. The average Bonchev–Trinajstić information content (AvgIpc) is 3.11. The molecular weight excluding hydrogens is 399 g/mol. The molecule has 3 aliphatic rings. The van der Waals surface area contributed by atoms with Crippen molar-refractivity contribution in [1.29, 1.82) is 0 Å². The zero-order chi connectivity index (χ0) is 20.1. The summed E-state index contributed by atoms with van der Waals surface area (Å²) in [7, 11) is 0. The molecule has 0 radical (unpaired) electrons. The second-order valence-corrected chi connectivity index (χ2v) is 8.05. The zero-order valence-corrected chi connectivity index (χ0v) is 16.0. The molecule has 3 aromatic heterocycles. The van der Waals surface area contributed by atoms with Gasteiger partial charge in [-0.05, 0) is 55.2 Å². The maximum atomic E-state index is 13.7. The Morgan fingerprint density at radius 2 is 1.97 bits per heavy atom. The minimum atomic E-state index is -0.796. The minimum Gasteiger partial charge on any atom is -0.481 e. The second kappa shape index (κ2) is 6.91. The highest BCUT2D eigenvalue weighted by Crippen LogP contribution is 2.46. The largest absolute Gasteiger partial charge is 0.481 e. The van der Waals surface area contributed by atoms with Crippen LogP contribution in [0, 0.1) is 23.6 Å². The lowest BCUT2D eigenvalue weighted by Crippen LogP contribution is -2.51. The first-order chi connectivity index (χ1) is 14.0. The molecular formula is C19H18ClFN6O2. The molecule has 3 fully saturated rings. The van der Waals surface area contributed by atoms with E-state index in [1.807, 2.05) is 0 Å². The molecule has 2 atom stereocenters. The summed E-state index contributed by atoms with van der Waals surface area (Å²) < 4.78 is 13.7. The third-order valence-electron chi connectivity index (χ3n) is 6.15. The Balaban J connectivity index is 1.51. The zero-order valence-electron chi connectivity index (χ0n) is 15.3. The number of hydrogen-bond donors (Lipinski definition) is 3. The van der Waals surface area contributed by atoms with E-state index < -0.39 is 17.7 Å². The smallest absolute Gasteiger partial charge is 0.308 e. The highest BCUT2D eigenvalue weighted by Gasteiger charge is 2.47. The van der Waals surface area contributed by atoms with Gasteiger partial charge in [-0.25, -0.2) is 9.37 Å². The molecule has 0 spiro atoms. The number of pyridine rings is 1. The molecule has 10 heteroatoms. The summed E-state index contributed by atoms with van der Waals surface area (Å²) in [5.41, 5.74) is 1.04. The van der Waals surface area contributed by atoms with E-state index in [2.05, 4.69) is 30.2 Å². The molecule has 0 aliphatic heterocycles. The minimum absolute atomic E-state index is 0.0240. The number of nitrogens with zero attached hydrogens (tertiary/aromatic N) is 4. The van der Waals surface area contributed by atoms with Crippen molar-refractivity contribution in [3.8, 4) is 11.4 Å². The van der Waals surface area contributed by atoms with Gasteiger partial charge in [0.25, 0.3) is 0 Å². The van der Waals surface area contributed by atoms with Crippen LogP contribution in [0.5, 0.6) is 0 Å². The number of aromatic amines is 1.